The van der Waals surface area contributed by atoms with Crippen molar-refractivity contribution >= 4 is 39.1 Å². The Labute approximate surface area is 256 Å². The Bertz CT molecular complexity index is 1550. The maximum Gasteiger partial charge on any atom is 0.264 e. The number of anilines is 1. The predicted octanol–water partition coefficient (Wildman–Crippen LogP) is 5.03. The van der Waals surface area contributed by atoms with Crippen LogP contribution in [0.2, 0.25) is 5.02 Å². The van der Waals surface area contributed by atoms with Gasteiger partial charge in [0, 0.05) is 24.2 Å². The maximum atomic E-state index is 14.1. The summed E-state index contributed by atoms with van der Waals surface area (Å²) in [6, 6.07) is 15.0. The van der Waals surface area contributed by atoms with Gasteiger partial charge in [0.15, 0.2) is 11.5 Å². The summed E-state index contributed by atoms with van der Waals surface area (Å²) in [5.41, 5.74) is 0.662. The van der Waals surface area contributed by atoms with Gasteiger partial charge in [-0.1, -0.05) is 50.6 Å². The normalized spacial score (nSPS) is 13.3. The average Bonchev–Trinajstić information content (AvgIpc) is 2.99. The van der Waals surface area contributed by atoms with Crippen molar-refractivity contribution in [2.45, 2.75) is 44.7 Å². The molecule has 1 heterocycles. The Morgan fingerprint density at radius 3 is 2.33 bits per heavy atom. The first-order valence-corrected chi connectivity index (χ1v) is 15.8. The van der Waals surface area contributed by atoms with Gasteiger partial charge in [0.1, 0.15) is 31.6 Å². The summed E-state index contributed by atoms with van der Waals surface area (Å²) < 4.78 is 54.1. The highest BCUT2D eigenvalue weighted by molar-refractivity contribution is 7.92. The summed E-state index contributed by atoms with van der Waals surface area (Å²) in [5, 5.41) is 3.28. The number of carbonyl (C=O) groups excluding carboxylic acids is 2. The summed E-state index contributed by atoms with van der Waals surface area (Å²) in [4.78, 5) is 28.6. The van der Waals surface area contributed by atoms with Gasteiger partial charge in [0.2, 0.25) is 11.8 Å². The maximum absolute atomic E-state index is 14.1. The van der Waals surface area contributed by atoms with Crippen LogP contribution in [0.1, 0.15) is 32.8 Å². The number of sulfonamides is 1. The van der Waals surface area contributed by atoms with E-state index in [0.717, 1.165) is 16.4 Å². The molecule has 1 N–H and O–H groups in total. The van der Waals surface area contributed by atoms with Crippen LogP contribution >= 0.6 is 11.6 Å². The van der Waals surface area contributed by atoms with Crippen molar-refractivity contribution in [2.24, 2.45) is 5.92 Å². The molecule has 4 rings (SSSR count). The van der Waals surface area contributed by atoms with Gasteiger partial charge in [-0.05, 0) is 60.4 Å². The van der Waals surface area contributed by atoms with Crippen molar-refractivity contribution in [3.63, 3.8) is 0 Å². The van der Waals surface area contributed by atoms with E-state index in [9.17, 15) is 22.4 Å². The number of fused-ring (bicyclic) bond motifs is 1. The molecule has 0 saturated carbocycles. The van der Waals surface area contributed by atoms with Crippen LogP contribution in [0.4, 0.5) is 10.1 Å². The third kappa shape index (κ3) is 7.77. The van der Waals surface area contributed by atoms with Crippen molar-refractivity contribution in [1.82, 2.24) is 10.2 Å². The molecule has 43 heavy (non-hydrogen) atoms. The molecular weight excluding hydrogens is 597 g/mol. The second-order valence-electron chi connectivity index (χ2n) is 10.5. The van der Waals surface area contributed by atoms with E-state index in [2.05, 4.69) is 5.32 Å². The van der Waals surface area contributed by atoms with Gasteiger partial charge in [0.05, 0.1) is 10.6 Å². The fourth-order valence-electron chi connectivity index (χ4n) is 4.60. The first kappa shape index (κ1) is 32.1. The van der Waals surface area contributed by atoms with Crippen LogP contribution in [0.25, 0.3) is 0 Å². The number of hydrogen-bond donors (Lipinski definition) is 1. The standard InChI is InChI=1S/C31H35ClFN3O6S/c1-4-27(31(38)34-18-21(2)3)35(19-22-7-5-6-8-26(22)32)30(37)20-36(24-11-9-23(33)10-12-24)43(39,40)25-13-14-28-29(17-25)42-16-15-41-28/h5-14,17,21,27H,4,15-16,18-20H2,1-3H3,(H,34,38)/t27-/m0/s1. The Morgan fingerprint density at radius 2 is 1.67 bits per heavy atom. The Hall–Kier alpha value is -3.83. The predicted molar refractivity (Wildman–Crippen MR) is 162 cm³/mol. The molecule has 3 aromatic carbocycles. The molecule has 2 amide bonds. The zero-order valence-electron chi connectivity index (χ0n) is 24.3. The van der Waals surface area contributed by atoms with Crippen LogP contribution in [-0.4, -0.2) is 57.5 Å². The first-order chi connectivity index (χ1) is 20.5. The minimum atomic E-state index is -4.38. The zero-order chi connectivity index (χ0) is 31.1. The molecule has 1 atom stereocenters. The van der Waals surface area contributed by atoms with E-state index in [0.29, 0.717) is 29.5 Å². The highest BCUT2D eigenvalue weighted by Crippen LogP contribution is 2.34. The van der Waals surface area contributed by atoms with Gasteiger partial charge < -0.3 is 19.7 Å². The second kappa shape index (κ2) is 14.1. The van der Waals surface area contributed by atoms with Crippen LogP contribution < -0.4 is 19.1 Å². The van der Waals surface area contributed by atoms with Crippen molar-refractivity contribution in [2.75, 3.05) is 30.6 Å². The molecule has 3 aromatic rings. The molecule has 0 bridgehead atoms. The van der Waals surface area contributed by atoms with E-state index in [1.165, 1.54) is 35.2 Å². The average molecular weight is 632 g/mol. The van der Waals surface area contributed by atoms with E-state index in [1.807, 2.05) is 13.8 Å². The molecule has 0 spiro atoms. The molecule has 0 unspecified atom stereocenters. The van der Waals surface area contributed by atoms with E-state index in [4.69, 9.17) is 21.1 Å². The van der Waals surface area contributed by atoms with Gasteiger partial charge in [-0.2, -0.15) is 0 Å². The van der Waals surface area contributed by atoms with Crippen LogP contribution in [0, 0.1) is 11.7 Å². The summed E-state index contributed by atoms with van der Waals surface area (Å²) in [7, 11) is -4.38. The van der Waals surface area contributed by atoms with Gasteiger partial charge in [-0.3, -0.25) is 13.9 Å². The number of halogens is 2. The molecule has 1 aliphatic rings. The summed E-state index contributed by atoms with van der Waals surface area (Å²) in [5.74, 6) is -0.736. The molecule has 12 heteroatoms. The number of nitrogens with zero attached hydrogens (tertiary/aromatic N) is 2. The number of hydrogen-bond acceptors (Lipinski definition) is 6. The molecule has 0 saturated heterocycles. The highest BCUT2D eigenvalue weighted by atomic mass is 35.5. The molecular formula is C31H35ClFN3O6S. The van der Waals surface area contributed by atoms with E-state index in [-0.39, 0.29) is 47.7 Å². The molecule has 0 aromatic heterocycles. The van der Waals surface area contributed by atoms with Gasteiger partial charge in [-0.15, -0.1) is 0 Å². The minimum absolute atomic E-state index is 0.0343. The molecule has 0 fully saturated rings. The fourth-order valence-corrected chi connectivity index (χ4v) is 6.23. The van der Waals surface area contributed by atoms with Crippen molar-refractivity contribution in [1.29, 1.82) is 0 Å². The summed E-state index contributed by atoms with van der Waals surface area (Å²) in [6.07, 6.45) is 0.269. The number of nitrogens with one attached hydrogen (secondary N) is 1. The first-order valence-electron chi connectivity index (χ1n) is 14.0. The van der Waals surface area contributed by atoms with Gasteiger partial charge in [0.25, 0.3) is 10.0 Å². The molecule has 230 valence electrons. The van der Waals surface area contributed by atoms with E-state index >= 15 is 0 Å². The Balaban J connectivity index is 1.74. The smallest absolute Gasteiger partial charge is 0.264 e. The number of carbonyl (C=O) groups is 2. The van der Waals surface area contributed by atoms with Crippen LogP contribution in [0.5, 0.6) is 11.5 Å². The Kier molecular flexibility index (Phi) is 10.5. The van der Waals surface area contributed by atoms with Crippen LogP contribution in [-0.2, 0) is 26.2 Å². The highest BCUT2D eigenvalue weighted by Gasteiger charge is 2.34. The number of amides is 2. The van der Waals surface area contributed by atoms with Crippen LogP contribution in [0.15, 0.2) is 71.6 Å². The molecule has 0 aliphatic carbocycles. The van der Waals surface area contributed by atoms with Crippen molar-refractivity contribution in [3.8, 4) is 11.5 Å². The fraction of sp³-hybridized carbons (Fsp3) is 0.355. The largest absolute Gasteiger partial charge is 0.486 e. The minimum Gasteiger partial charge on any atom is -0.486 e. The lowest BCUT2D eigenvalue weighted by Gasteiger charge is -2.33. The quantitative estimate of drug-likeness (QED) is 0.301. The SMILES string of the molecule is CC[C@@H](C(=O)NCC(C)C)N(Cc1ccccc1Cl)C(=O)CN(c1ccc(F)cc1)S(=O)(=O)c1ccc2c(c1)OCCO2. The van der Waals surface area contributed by atoms with Gasteiger partial charge >= 0.3 is 0 Å². The third-order valence-corrected chi connectivity index (χ3v) is 9.00. The topological polar surface area (TPSA) is 105 Å². The number of benzene rings is 3. The lowest BCUT2D eigenvalue weighted by molar-refractivity contribution is -0.140. The van der Waals surface area contributed by atoms with Crippen molar-refractivity contribution in [3.05, 3.63) is 83.1 Å². The van der Waals surface area contributed by atoms with E-state index in [1.54, 1.807) is 31.2 Å². The molecule has 9 nitrogen and oxygen atoms in total. The van der Waals surface area contributed by atoms with E-state index < -0.39 is 34.3 Å². The molecule has 0 radical (unpaired) electrons. The number of rotatable bonds is 12. The lowest BCUT2D eigenvalue weighted by Crippen LogP contribution is -2.52. The van der Waals surface area contributed by atoms with Crippen LogP contribution in [0.3, 0.4) is 0 Å². The zero-order valence-corrected chi connectivity index (χ0v) is 25.8. The number of ether oxygens (including phenoxy) is 2. The third-order valence-electron chi connectivity index (χ3n) is 6.86. The Morgan fingerprint density at radius 1 is 1.00 bits per heavy atom. The molecule has 1 aliphatic heterocycles. The summed E-state index contributed by atoms with van der Waals surface area (Å²) >= 11 is 6.43. The monoisotopic (exact) mass is 631 g/mol. The van der Waals surface area contributed by atoms with Crippen molar-refractivity contribution < 1.29 is 31.9 Å². The van der Waals surface area contributed by atoms with Gasteiger partial charge in [-0.25, -0.2) is 12.8 Å². The lowest BCUT2D eigenvalue weighted by atomic mass is 10.1. The second-order valence-corrected chi connectivity index (χ2v) is 12.7. The summed E-state index contributed by atoms with van der Waals surface area (Å²) in [6.45, 7) is 5.98.